The van der Waals surface area contributed by atoms with Gasteiger partial charge in [0.15, 0.2) is 0 Å². The molecule has 19 heavy (non-hydrogen) atoms. The van der Waals surface area contributed by atoms with Crippen LogP contribution in [-0.4, -0.2) is 9.78 Å². The fourth-order valence-corrected chi connectivity index (χ4v) is 2.29. The largest absolute Gasteiger partial charge is 0.459 e. The van der Waals surface area contributed by atoms with E-state index in [2.05, 4.69) is 5.10 Å². The lowest BCUT2D eigenvalue weighted by Gasteiger charge is -2.10. The molecule has 0 spiro atoms. The van der Waals surface area contributed by atoms with E-state index in [4.69, 9.17) is 21.8 Å². The van der Waals surface area contributed by atoms with E-state index in [9.17, 15) is 0 Å². The highest BCUT2D eigenvalue weighted by atomic mass is 35.5. The van der Waals surface area contributed by atoms with Crippen LogP contribution in [0, 0.1) is 6.92 Å². The highest BCUT2D eigenvalue weighted by Gasteiger charge is 2.19. The van der Waals surface area contributed by atoms with Gasteiger partial charge in [0.05, 0.1) is 5.69 Å². The third-order valence-electron chi connectivity index (χ3n) is 3.27. The molecule has 0 aliphatic carbocycles. The summed E-state index contributed by atoms with van der Waals surface area (Å²) < 4.78 is 7.52. The second-order valence-electron chi connectivity index (χ2n) is 4.59. The van der Waals surface area contributed by atoms with Crippen molar-refractivity contribution in [2.45, 2.75) is 19.9 Å². The summed E-state index contributed by atoms with van der Waals surface area (Å²) >= 11 is 6.07. The molecule has 0 fully saturated rings. The van der Waals surface area contributed by atoms with Gasteiger partial charge in [-0.3, -0.25) is 0 Å². The number of aromatic nitrogens is 2. The van der Waals surface area contributed by atoms with Crippen molar-refractivity contribution < 1.29 is 4.42 Å². The standard InChI is InChI=1S/C14H14ClN3O/c1-8-13(15)14(16)18(17-8)9(2)12-7-10-5-3-4-6-11(10)19-12/h3-7,9H,16H2,1-2H3. The zero-order valence-electron chi connectivity index (χ0n) is 10.7. The van der Waals surface area contributed by atoms with Crippen LogP contribution in [0.5, 0.6) is 0 Å². The fourth-order valence-electron chi connectivity index (χ4n) is 2.17. The van der Waals surface area contributed by atoms with Gasteiger partial charge in [0, 0.05) is 5.39 Å². The van der Waals surface area contributed by atoms with E-state index in [0.717, 1.165) is 22.4 Å². The predicted molar refractivity (Wildman–Crippen MR) is 76.4 cm³/mol. The number of nitrogens with two attached hydrogens (primary N) is 1. The zero-order chi connectivity index (χ0) is 13.6. The minimum Gasteiger partial charge on any atom is -0.459 e. The maximum absolute atomic E-state index is 6.07. The summed E-state index contributed by atoms with van der Waals surface area (Å²) in [4.78, 5) is 0. The van der Waals surface area contributed by atoms with E-state index in [1.54, 1.807) is 4.68 Å². The van der Waals surface area contributed by atoms with E-state index in [0.29, 0.717) is 10.8 Å². The quantitative estimate of drug-likeness (QED) is 0.774. The van der Waals surface area contributed by atoms with Crippen LogP contribution in [0.3, 0.4) is 0 Å². The van der Waals surface area contributed by atoms with Crippen molar-refractivity contribution in [3.63, 3.8) is 0 Å². The van der Waals surface area contributed by atoms with Crippen LogP contribution in [-0.2, 0) is 0 Å². The lowest BCUT2D eigenvalue weighted by molar-refractivity contribution is 0.447. The molecule has 0 amide bonds. The van der Waals surface area contributed by atoms with Crippen molar-refractivity contribution in [1.29, 1.82) is 0 Å². The Hall–Kier alpha value is -1.94. The van der Waals surface area contributed by atoms with E-state index in [-0.39, 0.29) is 6.04 Å². The zero-order valence-corrected chi connectivity index (χ0v) is 11.5. The first-order valence-electron chi connectivity index (χ1n) is 6.06. The summed E-state index contributed by atoms with van der Waals surface area (Å²) in [5.41, 5.74) is 7.55. The number of furan rings is 1. The number of hydrogen-bond donors (Lipinski definition) is 1. The number of aryl methyl sites for hydroxylation is 1. The molecule has 1 aromatic carbocycles. The molecule has 2 aromatic heterocycles. The van der Waals surface area contributed by atoms with E-state index in [1.807, 2.05) is 44.2 Å². The molecule has 5 heteroatoms. The molecule has 2 heterocycles. The molecule has 0 aliphatic heterocycles. The Bertz CT molecular complexity index is 711. The molecular weight excluding hydrogens is 262 g/mol. The van der Waals surface area contributed by atoms with E-state index in [1.165, 1.54) is 0 Å². The second-order valence-corrected chi connectivity index (χ2v) is 4.97. The number of nitrogen functional groups attached to an aromatic ring is 1. The lowest BCUT2D eigenvalue weighted by Crippen LogP contribution is -2.10. The Labute approximate surface area is 115 Å². The summed E-state index contributed by atoms with van der Waals surface area (Å²) in [6.45, 7) is 3.82. The van der Waals surface area contributed by atoms with Crippen LogP contribution < -0.4 is 5.73 Å². The third-order valence-corrected chi connectivity index (χ3v) is 3.74. The SMILES string of the molecule is Cc1nn(C(C)c2cc3ccccc3o2)c(N)c1Cl. The second kappa shape index (κ2) is 4.31. The number of fused-ring (bicyclic) bond motifs is 1. The van der Waals surface area contributed by atoms with Crippen molar-refractivity contribution in [2.24, 2.45) is 0 Å². The predicted octanol–water partition coefficient (Wildman–Crippen LogP) is 3.78. The highest BCUT2D eigenvalue weighted by molar-refractivity contribution is 6.33. The molecule has 0 bridgehead atoms. The van der Waals surface area contributed by atoms with Gasteiger partial charge in [0.2, 0.25) is 0 Å². The maximum Gasteiger partial charge on any atom is 0.141 e. The third kappa shape index (κ3) is 1.88. The molecular formula is C14H14ClN3O. The molecule has 4 nitrogen and oxygen atoms in total. The molecule has 1 atom stereocenters. The van der Waals surface area contributed by atoms with E-state index >= 15 is 0 Å². The number of anilines is 1. The van der Waals surface area contributed by atoms with Gasteiger partial charge >= 0.3 is 0 Å². The summed E-state index contributed by atoms with van der Waals surface area (Å²) in [5, 5.41) is 5.93. The van der Waals surface area contributed by atoms with Crippen molar-refractivity contribution in [3.8, 4) is 0 Å². The summed E-state index contributed by atoms with van der Waals surface area (Å²) in [7, 11) is 0. The van der Waals surface area contributed by atoms with Gasteiger partial charge in [-0.2, -0.15) is 5.10 Å². The topological polar surface area (TPSA) is 57.0 Å². The van der Waals surface area contributed by atoms with Gasteiger partial charge in [-0.1, -0.05) is 29.8 Å². The Balaban J connectivity index is 2.07. The normalized spacial score (nSPS) is 13.0. The first kappa shape index (κ1) is 12.1. The minimum atomic E-state index is -0.0985. The Kier molecular flexibility index (Phi) is 2.75. The van der Waals surface area contributed by atoms with Crippen molar-refractivity contribution in [2.75, 3.05) is 5.73 Å². The molecule has 1 unspecified atom stereocenters. The van der Waals surface area contributed by atoms with Crippen LogP contribution in [0.25, 0.3) is 11.0 Å². The van der Waals surface area contributed by atoms with Crippen molar-refractivity contribution in [1.82, 2.24) is 9.78 Å². The monoisotopic (exact) mass is 275 g/mol. The van der Waals surface area contributed by atoms with Crippen molar-refractivity contribution in [3.05, 3.63) is 46.8 Å². The Morgan fingerprint density at radius 1 is 1.37 bits per heavy atom. The van der Waals surface area contributed by atoms with E-state index < -0.39 is 0 Å². The van der Waals surface area contributed by atoms with Gasteiger partial charge in [0.25, 0.3) is 0 Å². The molecule has 0 saturated carbocycles. The number of para-hydroxylation sites is 1. The molecule has 0 aliphatic rings. The Morgan fingerprint density at radius 2 is 2.11 bits per heavy atom. The number of benzene rings is 1. The lowest BCUT2D eigenvalue weighted by atomic mass is 10.2. The molecule has 0 saturated heterocycles. The minimum absolute atomic E-state index is 0.0985. The van der Waals surface area contributed by atoms with Gasteiger partial charge in [-0.05, 0) is 26.0 Å². The van der Waals surface area contributed by atoms with Crippen LogP contribution in [0.4, 0.5) is 5.82 Å². The summed E-state index contributed by atoms with van der Waals surface area (Å²) in [6, 6.07) is 9.79. The molecule has 2 N–H and O–H groups in total. The van der Waals surface area contributed by atoms with Gasteiger partial charge in [-0.25, -0.2) is 4.68 Å². The molecule has 3 aromatic rings. The number of nitrogens with zero attached hydrogens (tertiary/aromatic N) is 2. The summed E-state index contributed by atoms with van der Waals surface area (Å²) in [6.07, 6.45) is 0. The van der Waals surface area contributed by atoms with Crippen LogP contribution in [0.2, 0.25) is 5.02 Å². The van der Waals surface area contributed by atoms with Gasteiger partial charge in [0.1, 0.15) is 28.2 Å². The van der Waals surface area contributed by atoms with Crippen molar-refractivity contribution >= 4 is 28.4 Å². The van der Waals surface area contributed by atoms with Gasteiger partial charge in [-0.15, -0.1) is 0 Å². The molecule has 0 radical (unpaired) electrons. The smallest absolute Gasteiger partial charge is 0.141 e. The Morgan fingerprint density at radius 3 is 2.74 bits per heavy atom. The summed E-state index contributed by atoms with van der Waals surface area (Å²) in [5.74, 6) is 1.28. The highest BCUT2D eigenvalue weighted by Crippen LogP contribution is 2.30. The average Bonchev–Trinajstić information content (AvgIpc) is 2.95. The fraction of sp³-hybridized carbons (Fsp3) is 0.214. The van der Waals surface area contributed by atoms with Crippen LogP contribution in [0.1, 0.15) is 24.4 Å². The van der Waals surface area contributed by atoms with Gasteiger partial charge < -0.3 is 10.2 Å². The number of rotatable bonds is 2. The number of hydrogen-bond acceptors (Lipinski definition) is 3. The first-order valence-corrected chi connectivity index (χ1v) is 6.44. The number of halogens is 1. The molecule has 98 valence electrons. The average molecular weight is 276 g/mol. The van der Waals surface area contributed by atoms with Crippen LogP contribution in [0.15, 0.2) is 34.7 Å². The maximum atomic E-state index is 6.07. The first-order chi connectivity index (χ1) is 9.08. The molecule has 3 rings (SSSR count). The van der Waals surface area contributed by atoms with Crippen LogP contribution >= 0.6 is 11.6 Å².